The Morgan fingerprint density at radius 3 is 2.00 bits per heavy atom. The minimum atomic E-state index is -2.39. The lowest BCUT2D eigenvalue weighted by atomic mass is 10.4. The van der Waals surface area contributed by atoms with E-state index in [2.05, 4.69) is 51.5 Å². The lowest BCUT2D eigenvalue weighted by Crippen LogP contribution is -2.58. The third kappa shape index (κ3) is 6.71. The van der Waals surface area contributed by atoms with Crippen molar-refractivity contribution in [1.82, 2.24) is 0 Å². The van der Waals surface area contributed by atoms with Crippen molar-refractivity contribution in [1.29, 1.82) is 0 Å². The largest absolute Gasteiger partial charge is 0.432 e. The van der Waals surface area contributed by atoms with Crippen LogP contribution in [0.5, 0.6) is 0 Å². The molecule has 0 amide bonds. The van der Waals surface area contributed by atoms with E-state index in [0.29, 0.717) is 0 Å². The van der Waals surface area contributed by atoms with Gasteiger partial charge >= 0.3 is 8.56 Å². The van der Waals surface area contributed by atoms with Crippen molar-refractivity contribution in [2.75, 3.05) is 0 Å². The molecule has 0 saturated carbocycles. The second-order valence-corrected chi connectivity index (χ2v) is 15.0. The summed E-state index contributed by atoms with van der Waals surface area (Å²) in [5.74, 6) is 0. The molecule has 0 aliphatic rings. The molecule has 0 fully saturated rings. The predicted molar refractivity (Wildman–Crippen MR) is 102 cm³/mol. The van der Waals surface area contributed by atoms with Crippen molar-refractivity contribution < 1.29 is 8.23 Å². The van der Waals surface area contributed by atoms with Gasteiger partial charge in [-0.05, 0) is 31.4 Å². The summed E-state index contributed by atoms with van der Waals surface area (Å²) in [7, 11) is -5.66. The van der Waals surface area contributed by atoms with Crippen LogP contribution in [0, 0.1) is 0 Å². The third-order valence-corrected chi connectivity index (χ3v) is 13.0. The van der Waals surface area contributed by atoms with Crippen molar-refractivity contribution in [3.8, 4) is 0 Å². The molecule has 0 aromatic heterocycles. The lowest BCUT2D eigenvalue weighted by molar-refractivity contribution is 0.418. The molecule has 0 aliphatic heterocycles. The molecule has 2 atom stereocenters. The fraction of sp³-hybridized carbons (Fsp3) is 0.375. The first-order chi connectivity index (χ1) is 9.83. The van der Waals surface area contributed by atoms with Crippen LogP contribution in [0.2, 0.25) is 26.2 Å². The Morgan fingerprint density at radius 1 is 1.05 bits per heavy atom. The van der Waals surface area contributed by atoms with E-state index in [9.17, 15) is 0 Å². The normalized spacial score (nSPS) is 15.1. The standard InChI is InChI=1S/C14H24O2Si3.C2H6/c1-7-17(3)15-19(6,16-18(4,5)8-2)14-12-10-9-11-13-14;1-2/h7-13,17H,1-2H2,3-6H3;1-2H3. The predicted octanol–water partition coefficient (Wildman–Crippen LogP) is 4.03. The van der Waals surface area contributed by atoms with E-state index >= 15 is 0 Å². The number of hydrogen-bond donors (Lipinski definition) is 0. The van der Waals surface area contributed by atoms with Gasteiger partial charge in [0.05, 0.1) is 0 Å². The molecule has 1 aromatic carbocycles. The maximum atomic E-state index is 6.46. The van der Waals surface area contributed by atoms with Crippen LogP contribution in [0.4, 0.5) is 0 Å². The van der Waals surface area contributed by atoms with Gasteiger partial charge in [-0.2, -0.15) is 0 Å². The van der Waals surface area contributed by atoms with E-state index in [-0.39, 0.29) is 0 Å². The maximum Gasteiger partial charge on any atom is 0.349 e. The summed E-state index contributed by atoms with van der Waals surface area (Å²) in [4.78, 5) is 0. The molecule has 21 heavy (non-hydrogen) atoms. The van der Waals surface area contributed by atoms with E-state index in [1.54, 1.807) is 0 Å². The Labute approximate surface area is 134 Å². The Kier molecular flexibility index (Phi) is 9.00. The molecule has 0 spiro atoms. The molecule has 118 valence electrons. The Hall–Kier alpha value is -0.729. The van der Waals surface area contributed by atoms with Gasteiger partial charge in [0.2, 0.25) is 0 Å². The molecule has 0 saturated heterocycles. The molecule has 0 N–H and O–H groups in total. The first-order valence-electron chi connectivity index (χ1n) is 7.52. The summed E-state index contributed by atoms with van der Waals surface area (Å²) in [5.41, 5.74) is 3.91. The summed E-state index contributed by atoms with van der Waals surface area (Å²) in [6, 6.07) is 10.3. The monoisotopic (exact) mass is 338 g/mol. The van der Waals surface area contributed by atoms with Crippen LogP contribution in [-0.4, -0.2) is 25.9 Å². The average Bonchev–Trinajstić information content (AvgIpc) is 2.49. The summed E-state index contributed by atoms with van der Waals surface area (Å²) >= 11 is 0. The third-order valence-electron chi connectivity index (χ3n) is 2.99. The van der Waals surface area contributed by atoms with Crippen molar-refractivity contribution in [2.24, 2.45) is 0 Å². The van der Waals surface area contributed by atoms with Gasteiger partial charge in [0, 0.05) is 0 Å². The highest BCUT2D eigenvalue weighted by Crippen LogP contribution is 2.18. The van der Waals surface area contributed by atoms with Gasteiger partial charge in [-0.3, -0.25) is 0 Å². The van der Waals surface area contributed by atoms with Crippen molar-refractivity contribution in [2.45, 2.75) is 40.0 Å². The maximum absolute atomic E-state index is 6.46. The molecule has 5 heteroatoms. The summed E-state index contributed by atoms with van der Waals surface area (Å²) in [6.45, 7) is 20.3. The van der Waals surface area contributed by atoms with Crippen LogP contribution in [-0.2, 0) is 8.23 Å². The zero-order valence-electron chi connectivity index (χ0n) is 14.3. The smallest absolute Gasteiger partial charge is 0.349 e. The molecule has 0 bridgehead atoms. The van der Waals surface area contributed by atoms with E-state index < -0.39 is 25.9 Å². The van der Waals surface area contributed by atoms with Crippen molar-refractivity contribution >= 4 is 31.1 Å². The van der Waals surface area contributed by atoms with Gasteiger partial charge in [-0.15, -0.1) is 13.2 Å². The molecule has 0 aliphatic carbocycles. The highest BCUT2D eigenvalue weighted by atomic mass is 28.5. The zero-order valence-corrected chi connectivity index (χ0v) is 17.5. The second kappa shape index (κ2) is 9.32. The second-order valence-electron chi connectivity index (χ2n) is 5.28. The van der Waals surface area contributed by atoms with Gasteiger partial charge in [-0.1, -0.05) is 55.6 Å². The molecule has 1 aromatic rings. The van der Waals surface area contributed by atoms with E-state index in [1.807, 2.05) is 43.4 Å². The minimum absolute atomic E-state index is 1.18. The zero-order chi connectivity index (χ0) is 16.5. The van der Waals surface area contributed by atoms with Gasteiger partial charge in [0.1, 0.15) is 0 Å². The first-order valence-corrected chi connectivity index (χ1v) is 15.1. The van der Waals surface area contributed by atoms with Crippen LogP contribution in [0.15, 0.2) is 54.9 Å². The van der Waals surface area contributed by atoms with Crippen LogP contribution in [0.1, 0.15) is 13.8 Å². The highest BCUT2D eigenvalue weighted by Gasteiger charge is 2.40. The topological polar surface area (TPSA) is 18.5 Å². The van der Waals surface area contributed by atoms with Gasteiger partial charge in [0.25, 0.3) is 0 Å². The van der Waals surface area contributed by atoms with E-state index in [4.69, 9.17) is 8.23 Å². The van der Waals surface area contributed by atoms with Crippen LogP contribution in [0.25, 0.3) is 0 Å². The Balaban J connectivity index is 0.00000191. The average molecular weight is 339 g/mol. The van der Waals surface area contributed by atoms with Crippen LogP contribution in [0.3, 0.4) is 0 Å². The number of rotatable bonds is 7. The van der Waals surface area contributed by atoms with Crippen LogP contribution >= 0.6 is 0 Å². The molecular formula is C16H30O2Si3. The van der Waals surface area contributed by atoms with E-state index in [1.165, 1.54) is 5.19 Å². The Bertz CT molecular complexity index is 434. The van der Waals surface area contributed by atoms with Gasteiger partial charge < -0.3 is 8.23 Å². The summed E-state index contributed by atoms with van der Waals surface area (Å²) < 4.78 is 12.8. The quantitative estimate of drug-likeness (QED) is 0.699. The molecular weight excluding hydrogens is 308 g/mol. The molecule has 0 radical (unpaired) electrons. The highest BCUT2D eigenvalue weighted by molar-refractivity contribution is 6.93. The molecule has 1 rings (SSSR count). The summed E-state index contributed by atoms with van der Waals surface area (Å²) in [6.07, 6.45) is 0. The SMILES string of the molecule is C=C[SiH](C)O[Si](C)(O[Si](C)(C)C=C)c1ccccc1.CC. The molecule has 2 unspecified atom stereocenters. The number of hydrogen-bond acceptors (Lipinski definition) is 2. The van der Waals surface area contributed by atoms with Crippen molar-refractivity contribution in [3.05, 3.63) is 54.9 Å². The summed E-state index contributed by atoms with van der Waals surface area (Å²) in [5, 5.41) is 1.18. The van der Waals surface area contributed by atoms with Crippen LogP contribution < -0.4 is 5.19 Å². The van der Waals surface area contributed by atoms with Gasteiger partial charge in [-0.25, -0.2) is 0 Å². The lowest BCUT2D eigenvalue weighted by Gasteiger charge is -2.36. The van der Waals surface area contributed by atoms with Gasteiger partial charge in [0.15, 0.2) is 17.4 Å². The molecule has 0 heterocycles. The number of benzene rings is 1. The fourth-order valence-corrected chi connectivity index (χ4v) is 11.8. The van der Waals surface area contributed by atoms with Crippen molar-refractivity contribution in [3.63, 3.8) is 0 Å². The fourth-order valence-electron chi connectivity index (χ4n) is 1.84. The molecule has 2 nitrogen and oxygen atoms in total. The Morgan fingerprint density at radius 2 is 1.57 bits per heavy atom. The minimum Gasteiger partial charge on any atom is -0.432 e. The first kappa shape index (κ1) is 20.3. The van der Waals surface area contributed by atoms with E-state index in [0.717, 1.165) is 0 Å².